The lowest BCUT2D eigenvalue weighted by Gasteiger charge is -2.15. The predicted octanol–water partition coefficient (Wildman–Crippen LogP) is 0.465. The Hall–Kier alpha value is -1.42. The fourth-order valence-electron chi connectivity index (χ4n) is 2.00. The first-order chi connectivity index (χ1) is 7.79. The van der Waals surface area contributed by atoms with Gasteiger partial charge in [0.25, 0.3) is 0 Å². The van der Waals surface area contributed by atoms with Gasteiger partial charge in [0, 0.05) is 38.0 Å². The molecule has 0 saturated carbocycles. The van der Waals surface area contributed by atoms with Crippen LogP contribution in [0.2, 0.25) is 0 Å². The van der Waals surface area contributed by atoms with Crippen molar-refractivity contribution in [2.75, 3.05) is 19.7 Å². The van der Waals surface area contributed by atoms with Crippen molar-refractivity contribution in [3.05, 3.63) is 30.1 Å². The number of rotatable bonds is 3. The van der Waals surface area contributed by atoms with E-state index in [4.69, 9.17) is 5.11 Å². The molecule has 1 aliphatic rings. The van der Waals surface area contributed by atoms with Gasteiger partial charge in [-0.05, 0) is 18.1 Å². The molecule has 1 amide bonds. The minimum absolute atomic E-state index is 0.129. The Morgan fingerprint density at radius 3 is 3.12 bits per heavy atom. The molecule has 1 saturated heterocycles. The summed E-state index contributed by atoms with van der Waals surface area (Å²) < 4.78 is 0. The third kappa shape index (κ3) is 2.58. The van der Waals surface area contributed by atoms with E-state index in [1.54, 1.807) is 12.4 Å². The van der Waals surface area contributed by atoms with Gasteiger partial charge in [-0.25, -0.2) is 0 Å². The largest absolute Gasteiger partial charge is 0.396 e. The molecule has 1 aromatic rings. The maximum Gasteiger partial charge on any atom is 0.227 e. The second-order valence-electron chi connectivity index (χ2n) is 4.22. The van der Waals surface area contributed by atoms with Crippen molar-refractivity contribution in [1.29, 1.82) is 0 Å². The fourth-order valence-corrected chi connectivity index (χ4v) is 2.00. The molecule has 1 aromatic heterocycles. The smallest absolute Gasteiger partial charge is 0.227 e. The van der Waals surface area contributed by atoms with Crippen LogP contribution < -0.4 is 0 Å². The monoisotopic (exact) mass is 220 g/mol. The van der Waals surface area contributed by atoms with Gasteiger partial charge in [0.05, 0.1) is 6.42 Å². The number of carbonyl (C=O) groups excluding carboxylic acids is 1. The van der Waals surface area contributed by atoms with Crippen LogP contribution in [0.3, 0.4) is 0 Å². The van der Waals surface area contributed by atoms with Gasteiger partial charge < -0.3 is 10.0 Å². The Bertz CT molecular complexity index is 353. The molecule has 0 bridgehead atoms. The fraction of sp³-hybridized carbons (Fsp3) is 0.500. The van der Waals surface area contributed by atoms with E-state index in [-0.39, 0.29) is 18.4 Å². The Morgan fingerprint density at radius 2 is 2.50 bits per heavy atom. The summed E-state index contributed by atoms with van der Waals surface area (Å²) in [5.74, 6) is 0.391. The molecule has 1 atom stereocenters. The third-order valence-electron chi connectivity index (χ3n) is 2.97. The number of pyridine rings is 1. The van der Waals surface area contributed by atoms with E-state index in [1.807, 2.05) is 17.0 Å². The number of hydrogen-bond donors (Lipinski definition) is 1. The van der Waals surface area contributed by atoms with Crippen LogP contribution in [0.15, 0.2) is 24.5 Å². The zero-order chi connectivity index (χ0) is 11.4. The summed E-state index contributed by atoms with van der Waals surface area (Å²) in [6.45, 7) is 1.64. The normalized spacial score (nSPS) is 20.1. The molecule has 1 N–H and O–H groups in total. The van der Waals surface area contributed by atoms with Gasteiger partial charge >= 0.3 is 0 Å². The second kappa shape index (κ2) is 5.07. The van der Waals surface area contributed by atoms with Crippen LogP contribution in [0.4, 0.5) is 0 Å². The van der Waals surface area contributed by atoms with Crippen molar-refractivity contribution in [3.8, 4) is 0 Å². The van der Waals surface area contributed by atoms with E-state index in [9.17, 15) is 4.79 Å². The maximum atomic E-state index is 11.9. The van der Waals surface area contributed by atoms with Crippen LogP contribution in [-0.2, 0) is 11.2 Å². The van der Waals surface area contributed by atoms with Crippen molar-refractivity contribution in [2.45, 2.75) is 12.8 Å². The van der Waals surface area contributed by atoms with Gasteiger partial charge in [0.15, 0.2) is 0 Å². The first kappa shape index (κ1) is 11.1. The average Bonchev–Trinajstić information content (AvgIpc) is 2.79. The molecule has 0 aliphatic carbocycles. The summed E-state index contributed by atoms with van der Waals surface area (Å²) in [7, 11) is 0. The lowest BCUT2D eigenvalue weighted by molar-refractivity contribution is -0.129. The summed E-state index contributed by atoms with van der Waals surface area (Å²) in [6.07, 6.45) is 4.74. The number of hydrogen-bond acceptors (Lipinski definition) is 3. The van der Waals surface area contributed by atoms with E-state index in [1.165, 1.54) is 0 Å². The molecule has 2 rings (SSSR count). The van der Waals surface area contributed by atoms with Crippen LogP contribution in [0.1, 0.15) is 12.0 Å². The molecule has 16 heavy (non-hydrogen) atoms. The van der Waals surface area contributed by atoms with E-state index < -0.39 is 0 Å². The summed E-state index contributed by atoms with van der Waals surface area (Å²) in [6, 6.07) is 3.74. The molecule has 1 fully saturated rings. The maximum absolute atomic E-state index is 11.9. The second-order valence-corrected chi connectivity index (χ2v) is 4.22. The standard InChI is InChI=1S/C12H16N2O2/c15-9-11-3-5-14(8-11)12(16)6-10-2-1-4-13-7-10/h1-2,4,7,11,15H,3,5-6,8-9H2/t11-/m0/s1. The van der Waals surface area contributed by atoms with Gasteiger partial charge in [0.1, 0.15) is 0 Å². The molecule has 86 valence electrons. The Balaban J connectivity index is 1.90. The van der Waals surface area contributed by atoms with E-state index in [0.717, 1.165) is 18.5 Å². The number of aromatic nitrogens is 1. The van der Waals surface area contributed by atoms with Crippen molar-refractivity contribution in [2.24, 2.45) is 5.92 Å². The molecule has 0 aromatic carbocycles. The topological polar surface area (TPSA) is 53.4 Å². The van der Waals surface area contributed by atoms with Crippen molar-refractivity contribution in [1.82, 2.24) is 9.88 Å². The highest BCUT2D eigenvalue weighted by atomic mass is 16.3. The summed E-state index contributed by atoms with van der Waals surface area (Å²) in [5.41, 5.74) is 0.944. The highest BCUT2D eigenvalue weighted by Gasteiger charge is 2.25. The summed E-state index contributed by atoms with van der Waals surface area (Å²) >= 11 is 0. The summed E-state index contributed by atoms with van der Waals surface area (Å²) in [4.78, 5) is 17.7. The molecule has 2 heterocycles. The highest BCUT2D eigenvalue weighted by Crippen LogP contribution is 2.16. The molecule has 0 unspecified atom stereocenters. The lowest BCUT2D eigenvalue weighted by Crippen LogP contribution is -2.30. The van der Waals surface area contributed by atoms with Gasteiger partial charge in [-0.1, -0.05) is 6.07 Å². The molecular formula is C12H16N2O2. The average molecular weight is 220 g/mol. The molecule has 1 aliphatic heterocycles. The molecule has 0 radical (unpaired) electrons. The zero-order valence-electron chi connectivity index (χ0n) is 9.17. The van der Waals surface area contributed by atoms with Gasteiger partial charge in [-0.15, -0.1) is 0 Å². The SMILES string of the molecule is O=C(Cc1cccnc1)N1CC[C@H](CO)C1. The van der Waals surface area contributed by atoms with Crippen LogP contribution in [0.5, 0.6) is 0 Å². The van der Waals surface area contributed by atoms with Gasteiger partial charge in [-0.3, -0.25) is 9.78 Å². The Kier molecular flexibility index (Phi) is 3.51. The Morgan fingerprint density at radius 1 is 1.62 bits per heavy atom. The first-order valence-corrected chi connectivity index (χ1v) is 5.57. The van der Waals surface area contributed by atoms with Crippen molar-refractivity contribution >= 4 is 5.91 Å². The predicted molar refractivity (Wildman–Crippen MR) is 59.7 cm³/mol. The van der Waals surface area contributed by atoms with Crippen LogP contribution in [0.25, 0.3) is 0 Å². The van der Waals surface area contributed by atoms with E-state index in [2.05, 4.69) is 4.98 Å². The highest BCUT2D eigenvalue weighted by molar-refractivity contribution is 5.78. The molecule has 4 heteroatoms. The molecule has 4 nitrogen and oxygen atoms in total. The lowest BCUT2D eigenvalue weighted by atomic mass is 10.1. The number of aliphatic hydroxyl groups excluding tert-OH is 1. The Labute approximate surface area is 94.9 Å². The zero-order valence-corrected chi connectivity index (χ0v) is 9.17. The number of amides is 1. The van der Waals surface area contributed by atoms with Crippen molar-refractivity contribution in [3.63, 3.8) is 0 Å². The minimum atomic E-state index is 0.129. The van der Waals surface area contributed by atoms with Crippen molar-refractivity contribution < 1.29 is 9.90 Å². The van der Waals surface area contributed by atoms with Crippen LogP contribution >= 0.6 is 0 Å². The number of likely N-dealkylation sites (tertiary alicyclic amines) is 1. The van der Waals surface area contributed by atoms with Crippen LogP contribution in [-0.4, -0.2) is 40.6 Å². The van der Waals surface area contributed by atoms with Gasteiger partial charge in [0.2, 0.25) is 5.91 Å². The van der Waals surface area contributed by atoms with E-state index in [0.29, 0.717) is 13.0 Å². The number of aliphatic hydroxyl groups is 1. The first-order valence-electron chi connectivity index (χ1n) is 5.57. The number of nitrogens with zero attached hydrogens (tertiary/aromatic N) is 2. The van der Waals surface area contributed by atoms with Crippen LogP contribution in [0, 0.1) is 5.92 Å². The quantitative estimate of drug-likeness (QED) is 0.805. The van der Waals surface area contributed by atoms with Gasteiger partial charge in [-0.2, -0.15) is 0 Å². The third-order valence-corrected chi connectivity index (χ3v) is 2.97. The molecule has 0 spiro atoms. The number of carbonyl (C=O) groups is 1. The minimum Gasteiger partial charge on any atom is -0.396 e. The van der Waals surface area contributed by atoms with E-state index >= 15 is 0 Å². The summed E-state index contributed by atoms with van der Waals surface area (Å²) in [5, 5.41) is 9.01. The molecular weight excluding hydrogens is 204 g/mol.